The van der Waals surface area contributed by atoms with Gasteiger partial charge in [-0.2, -0.15) is 13.2 Å². The molecule has 0 amide bonds. The van der Waals surface area contributed by atoms with E-state index in [9.17, 15) is 13.2 Å². The average molecular weight is 210 g/mol. The molecule has 5 heteroatoms. The summed E-state index contributed by atoms with van der Waals surface area (Å²) in [6, 6.07) is 0. The lowest BCUT2D eigenvalue weighted by Crippen LogP contribution is -2.41. The molecule has 0 radical (unpaired) electrons. The van der Waals surface area contributed by atoms with Crippen molar-refractivity contribution in [2.24, 2.45) is 0 Å². The van der Waals surface area contributed by atoms with Gasteiger partial charge in [-0.05, 0) is 6.92 Å². The second-order valence-corrected chi connectivity index (χ2v) is 8.82. The van der Waals surface area contributed by atoms with E-state index in [1.54, 1.807) is 0 Å². The highest BCUT2D eigenvalue weighted by Gasteiger charge is 2.49. The molecule has 1 nitrogen and oxygen atoms in total. The highest BCUT2D eigenvalue weighted by molar-refractivity contribution is 6.83. The summed E-state index contributed by atoms with van der Waals surface area (Å²) >= 11 is 0. The Balaban J connectivity index is 4.77. The van der Waals surface area contributed by atoms with Crippen LogP contribution in [0.3, 0.4) is 0 Å². The minimum atomic E-state index is -4.68. The summed E-state index contributed by atoms with van der Waals surface area (Å²) in [5.74, 6) is 1.88. The van der Waals surface area contributed by atoms with E-state index >= 15 is 0 Å². The molecular weight excluding hydrogens is 197 g/mol. The fourth-order valence-electron chi connectivity index (χ4n) is 0.380. The molecule has 0 saturated carbocycles. The van der Waals surface area contributed by atoms with Crippen molar-refractivity contribution in [1.82, 2.24) is 0 Å². The van der Waals surface area contributed by atoms with Crippen LogP contribution in [0.15, 0.2) is 0 Å². The summed E-state index contributed by atoms with van der Waals surface area (Å²) in [6.45, 7) is 6.10. The van der Waals surface area contributed by atoms with E-state index in [0.717, 1.165) is 0 Å². The van der Waals surface area contributed by atoms with Crippen LogP contribution in [0.1, 0.15) is 6.92 Å². The number of alkyl halides is 3. The molecule has 0 fully saturated rings. The molecule has 0 aromatic rings. The Hall–Kier alpha value is -0.473. The predicted molar refractivity (Wildman–Crippen MR) is 47.8 cm³/mol. The summed E-state index contributed by atoms with van der Waals surface area (Å²) in [7, 11) is -1.87. The minimum absolute atomic E-state index is 0.667. The Morgan fingerprint density at radius 3 is 1.77 bits per heavy atom. The first kappa shape index (κ1) is 12.5. The van der Waals surface area contributed by atoms with E-state index in [-0.39, 0.29) is 0 Å². The van der Waals surface area contributed by atoms with Crippen LogP contribution in [0, 0.1) is 11.5 Å². The zero-order valence-electron chi connectivity index (χ0n) is 8.08. The maximum Gasteiger partial charge on any atom is 0.428 e. The van der Waals surface area contributed by atoms with Gasteiger partial charge < -0.3 is 5.11 Å². The minimum Gasteiger partial charge on any atom is -0.370 e. The zero-order chi connectivity index (χ0) is 10.9. The third-order valence-electron chi connectivity index (χ3n) is 1.23. The molecular formula is C8H13F3OSi. The molecule has 0 rings (SSSR count). The van der Waals surface area contributed by atoms with Crippen molar-refractivity contribution in [3.63, 3.8) is 0 Å². The standard InChI is InChI=1S/C8H13F3OSi/c1-7(12,8(9,10)11)5-6-13(2,3)4/h12H,1-4H3/t7-/m0/s1. The van der Waals surface area contributed by atoms with Crippen molar-refractivity contribution in [2.45, 2.75) is 38.3 Å². The van der Waals surface area contributed by atoms with Gasteiger partial charge in [0.25, 0.3) is 0 Å². The molecule has 0 bridgehead atoms. The molecule has 0 spiro atoms. The van der Waals surface area contributed by atoms with Crippen molar-refractivity contribution >= 4 is 8.07 Å². The molecule has 1 N–H and O–H groups in total. The van der Waals surface area contributed by atoms with Gasteiger partial charge in [-0.3, -0.25) is 0 Å². The molecule has 0 aromatic carbocycles. The fourth-order valence-corrected chi connectivity index (χ4v) is 0.998. The second kappa shape index (κ2) is 3.35. The number of halogens is 3. The van der Waals surface area contributed by atoms with E-state index in [2.05, 4.69) is 5.54 Å². The normalized spacial score (nSPS) is 17.2. The Morgan fingerprint density at radius 1 is 1.15 bits per heavy atom. The highest BCUT2D eigenvalue weighted by atomic mass is 28.3. The molecule has 13 heavy (non-hydrogen) atoms. The summed E-state index contributed by atoms with van der Waals surface area (Å²) in [5, 5.41) is 8.94. The number of aliphatic hydroxyl groups is 1. The maximum absolute atomic E-state index is 12.1. The molecule has 1 atom stereocenters. The quantitative estimate of drug-likeness (QED) is 0.480. The molecule has 76 valence electrons. The van der Waals surface area contributed by atoms with Crippen LogP contribution in [0.5, 0.6) is 0 Å². The Kier molecular flexibility index (Phi) is 3.23. The van der Waals surface area contributed by atoms with E-state index in [4.69, 9.17) is 5.11 Å². The molecule has 0 saturated heterocycles. The van der Waals surface area contributed by atoms with E-state index in [0.29, 0.717) is 6.92 Å². The monoisotopic (exact) mass is 210 g/mol. The zero-order valence-corrected chi connectivity index (χ0v) is 9.08. The third kappa shape index (κ3) is 4.34. The Labute approximate surface area is 77.0 Å². The number of rotatable bonds is 0. The summed E-state index contributed by atoms with van der Waals surface area (Å²) in [6.07, 6.45) is -4.68. The van der Waals surface area contributed by atoms with E-state index < -0.39 is 19.9 Å². The molecule has 0 aromatic heterocycles. The van der Waals surface area contributed by atoms with Gasteiger partial charge in [0.05, 0.1) is 0 Å². The number of hydrogen-bond acceptors (Lipinski definition) is 1. The lowest BCUT2D eigenvalue weighted by molar-refractivity contribution is -0.228. The first-order valence-electron chi connectivity index (χ1n) is 3.79. The van der Waals surface area contributed by atoms with Crippen LogP contribution < -0.4 is 0 Å². The van der Waals surface area contributed by atoms with Gasteiger partial charge in [0.1, 0.15) is 8.07 Å². The lowest BCUT2D eigenvalue weighted by atomic mass is 10.1. The van der Waals surface area contributed by atoms with Gasteiger partial charge in [-0.15, -0.1) is 5.54 Å². The highest BCUT2D eigenvalue weighted by Crippen LogP contribution is 2.29. The first-order chi connectivity index (χ1) is 5.46. The SMILES string of the molecule is C[C@](O)(C#C[Si](C)(C)C)C(F)(F)F. The Bertz CT molecular complexity index is 239. The van der Waals surface area contributed by atoms with Crippen molar-refractivity contribution < 1.29 is 18.3 Å². The van der Waals surface area contributed by atoms with Crippen molar-refractivity contribution in [3.05, 3.63) is 0 Å². The smallest absolute Gasteiger partial charge is 0.370 e. The molecule has 0 aliphatic heterocycles. The maximum atomic E-state index is 12.1. The van der Waals surface area contributed by atoms with E-state index in [1.807, 2.05) is 25.6 Å². The topological polar surface area (TPSA) is 20.2 Å². The summed E-state index contributed by atoms with van der Waals surface area (Å²) < 4.78 is 36.2. The molecule has 0 heterocycles. The fraction of sp³-hybridized carbons (Fsp3) is 0.750. The predicted octanol–water partition coefficient (Wildman–Crippen LogP) is 2.18. The van der Waals surface area contributed by atoms with Gasteiger partial charge in [0.2, 0.25) is 5.60 Å². The summed E-state index contributed by atoms with van der Waals surface area (Å²) in [4.78, 5) is 0. The second-order valence-electron chi connectivity index (χ2n) is 4.07. The summed E-state index contributed by atoms with van der Waals surface area (Å²) in [5.41, 5.74) is -0.394. The third-order valence-corrected chi connectivity index (χ3v) is 2.11. The van der Waals surface area contributed by atoms with Gasteiger partial charge in [0.15, 0.2) is 0 Å². The van der Waals surface area contributed by atoms with Crippen molar-refractivity contribution in [1.29, 1.82) is 0 Å². The molecule has 0 aliphatic carbocycles. The Morgan fingerprint density at radius 2 is 1.54 bits per heavy atom. The van der Waals surface area contributed by atoms with Crippen LogP contribution in [0.2, 0.25) is 19.6 Å². The van der Waals surface area contributed by atoms with Crippen LogP contribution >= 0.6 is 0 Å². The van der Waals surface area contributed by atoms with Gasteiger partial charge in [-0.1, -0.05) is 25.6 Å². The van der Waals surface area contributed by atoms with Gasteiger partial charge in [0, 0.05) is 0 Å². The van der Waals surface area contributed by atoms with Crippen LogP contribution in [0.25, 0.3) is 0 Å². The van der Waals surface area contributed by atoms with Crippen molar-refractivity contribution in [3.8, 4) is 11.5 Å². The lowest BCUT2D eigenvalue weighted by Gasteiger charge is -2.20. The number of hydrogen-bond donors (Lipinski definition) is 1. The van der Waals surface area contributed by atoms with Crippen LogP contribution in [-0.4, -0.2) is 25.0 Å². The van der Waals surface area contributed by atoms with Crippen LogP contribution in [-0.2, 0) is 0 Å². The average Bonchev–Trinajstić information content (AvgIpc) is 1.79. The van der Waals surface area contributed by atoms with Crippen molar-refractivity contribution in [2.75, 3.05) is 0 Å². The van der Waals surface area contributed by atoms with Gasteiger partial charge >= 0.3 is 6.18 Å². The largest absolute Gasteiger partial charge is 0.428 e. The molecule has 0 aliphatic rings. The van der Waals surface area contributed by atoms with Gasteiger partial charge in [-0.25, -0.2) is 0 Å². The van der Waals surface area contributed by atoms with Crippen LogP contribution in [0.4, 0.5) is 13.2 Å². The first-order valence-corrected chi connectivity index (χ1v) is 7.29. The van der Waals surface area contributed by atoms with E-state index in [1.165, 1.54) is 0 Å². The molecule has 0 unspecified atom stereocenters.